The van der Waals surface area contributed by atoms with Gasteiger partial charge in [-0.1, -0.05) is 40.2 Å². The molecule has 1 saturated heterocycles. The first-order valence-corrected chi connectivity index (χ1v) is 12.0. The molecular weight excluding hydrogens is 516 g/mol. The second-order valence-corrected chi connectivity index (χ2v) is 9.32. The van der Waals surface area contributed by atoms with Crippen molar-refractivity contribution in [1.82, 2.24) is 4.90 Å². The molecule has 1 aliphatic rings. The number of nitrogens with zero attached hydrogens (tertiary/aromatic N) is 2. The van der Waals surface area contributed by atoms with Gasteiger partial charge in [-0.2, -0.15) is 0 Å². The van der Waals surface area contributed by atoms with E-state index in [1.54, 1.807) is 31.3 Å². The van der Waals surface area contributed by atoms with Crippen molar-refractivity contribution in [3.63, 3.8) is 0 Å². The Bertz CT molecular complexity index is 1250. The molecule has 1 heterocycles. The van der Waals surface area contributed by atoms with Crippen LogP contribution in [0.1, 0.15) is 21.5 Å². The van der Waals surface area contributed by atoms with E-state index in [1.165, 1.54) is 23.8 Å². The molecule has 4 rings (SSSR count). The molecule has 3 aromatic carbocycles. The molecule has 0 spiro atoms. The van der Waals surface area contributed by atoms with E-state index in [0.717, 1.165) is 21.3 Å². The fourth-order valence-corrected chi connectivity index (χ4v) is 4.36. The number of amidine groups is 1. The summed E-state index contributed by atoms with van der Waals surface area (Å²) >= 11 is 4.73. The SMILES string of the molecule is COC(=O)c1ccc(N=C2S/C(=C/c3ccc(OCc4ccc(Br)cc4)cc3)C(=O)N2C)cc1. The van der Waals surface area contributed by atoms with Crippen LogP contribution in [0, 0.1) is 0 Å². The molecule has 0 aromatic heterocycles. The van der Waals surface area contributed by atoms with Crippen LogP contribution in [0.25, 0.3) is 6.08 Å². The molecule has 1 amide bonds. The summed E-state index contributed by atoms with van der Waals surface area (Å²) < 4.78 is 11.6. The topological polar surface area (TPSA) is 68.2 Å². The van der Waals surface area contributed by atoms with Crippen molar-refractivity contribution in [3.8, 4) is 5.75 Å². The molecule has 34 heavy (non-hydrogen) atoms. The number of likely N-dealkylation sites (N-methyl/N-ethyl adjacent to an activating group) is 1. The van der Waals surface area contributed by atoms with E-state index in [0.29, 0.717) is 27.9 Å². The number of methoxy groups -OCH3 is 1. The number of carbonyl (C=O) groups is 2. The van der Waals surface area contributed by atoms with E-state index in [2.05, 4.69) is 20.9 Å². The van der Waals surface area contributed by atoms with Crippen molar-refractivity contribution in [1.29, 1.82) is 0 Å². The highest BCUT2D eigenvalue weighted by Crippen LogP contribution is 2.33. The summed E-state index contributed by atoms with van der Waals surface area (Å²) in [4.78, 5) is 30.9. The number of halogens is 1. The lowest BCUT2D eigenvalue weighted by Gasteiger charge is -2.07. The zero-order valence-corrected chi connectivity index (χ0v) is 20.9. The maximum absolute atomic E-state index is 12.7. The van der Waals surface area contributed by atoms with E-state index < -0.39 is 5.97 Å². The minimum Gasteiger partial charge on any atom is -0.489 e. The highest BCUT2D eigenvalue weighted by Gasteiger charge is 2.30. The van der Waals surface area contributed by atoms with Gasteiger partial charge in [-0.25, -0.2) is 9.79 Å². The smallest absolute Gasteiger partial charge is 0.337 e. The molecule has 6 nitrogen and oxygen atoms in total. The number of amides is 1. The Balaban J connectivity index is 1.42. The summed E-state index contributed by atoms with van der Waals surface area (Å²) in [5.74, 6) is 0.229. The number of esters is 1. The van der Waals surface area contributed by atoms with Crippen molar-refractivity contribution < 1.29 is 19.1 Å². The number of ether oxygens (including phenoxy) is 2. The molecule has 3 aromatic rings. The van der Waals surface area contributed by atoms with Crippen LogP contribution >= 0.6 is 27.7 Å². The molecular formula is C26H21BrN2O4S. The van der Waals surface area contributed by atoms with Crippen molar-refractivity contribution >= 4 is 56.5 Å². The lowest BCUT2D eigenvalue weighted by Crippen LogP contribution is -2.23. The highest BCUT2D eigenvalue weighted by atomic mass is 79.9. The number of aliphatic imine (C=N–C) groups is 1. The van der Waals surface area contributed by atoms with Gasteiger partial charge in [0.15, 0.2) is 5.17 Å². The van der Waals surface area contributed by atoms with Crippen LogP contribution in [-0.4, -0.2) is 36.1 Å². The van der Waals surface area contributed by atoms with E-state index in [1.807, 2.05) is 54.6 Å². The zero-order valence-electron chi connectivity index (χ0n) is 18.5. The second-order valence-electron chi connectivity index (χ2n) is 7.39. The van der Waals surface area contributed by atoms with Crippen molar-refractivity contribution in [2.24, 2.45) is 4.99 Å². The standard InChI is InChI=1S/C26H21BrN2O4S/c1-29-24(30)23(34-26(29)28-21-11-7-19(8-12-21)25(31)32-2)15-17-5-13-22(14-6-17)33-16-18-3-9-20(27)10-4-18/h3-15H,16H2,1-2H3/b23-15+,28-26?. The van der Waals surface area contributed by atoms with Crippen LogP contribution in [0.3, 0.4) is 0 Å². The Kier molecular flexibility index (Phi) is 7.49. The monoisotopic (exact) mass is 536 g/mol. The predicted molar refractivity (Wildman–Crippen MR) is 138 cm³/mol. The van der Waals surface area contributed by atoms with Gasteiger partial charge in [0, 0.05) is 11.5 Å². The third kappa shape index (κ3) is 5.76. The summed E-state index contributed by atoms with van der Waals surface area (Å²) in [7, 11) is 3.03. The van der Waals surface area contributed by atoms with E-state index in [4.69, 9.17) is 9.47 Å². The Hall–Kier alpha value is -3.36. The summed E-state index contributed by atoms with van der Waals surface area (Å²) in [6.07, 6.45) is 1.84. The number of benzene rings is 3. The first-order valence-electron chi connectivity index (χ1n) is 10.3. The molecule has 0 radical (unpaired) electrons. The van der Waals surface area contributed by atoms with Gasteiger partial charge in [-0.15, -0.1) is 0 Å². The number of hydrogen-bond acceptors (Lipinski definition) is 6. The summed E-state index contributed by atoms with van der Waals surface area (Å²) in [5.41, 5.74) is 3.06. The molecule has 172 valence electrons. The molecule has 1 aliphatic heterocycles. The molecule has 8 heteroatoms. The largest absolute Gasteiger partial charge is 0.489 e. The zero-order chi connectivity index (χ0) is 24.1. The molecule has 0 saturated carbocycles. The van der Waals surface area contributed by atoms with Crippen LogP contribution in [0.2, 0.25) is 0 Å². The Morgan fingerprint density at radius 3 is 2.35 bits per heavy atom. The Morgan fingerprint density at radius 2 is 1.71 bits per heavy atom. The fourth-order valence-electron chi connectivity index (χ4n) is 3.11. The molecule has 1 fully saturated rings. The summed E-state index contributed by atoms with van der Waals surface area (Å²) in [5, 5.41) is 0.566. The molecule has 0 N–H and O–H groups in total. The number of thioether (sulfide) groups is 1. The summed E-state index contributed by atoms with van der Waals surface area (Å²) in [6, 6.07) is 22.3. The van der Waals surface area contributed by atoms with Gasteiger partial charge in [0.1, 0.15) is 12.4 Å². The molecule has 0 bridgehead atoms. The van der Waals surface area contributed by atoms with Crippen LogP contribution in [0.4, 0.5) is 5.69 Å². The van der Waals surface area contributed by atoms with Crippen LogP contribution in [0.15, 0.2) is 87.2 Å². The van der Waals surface area contributed by atoms with E-state index >= 15 is 0 Å². The Morgan fingerprint density at radius 1 is 1.03 bits per heavy atom. The number of hydrogen-bond donors (Lipinski definition) is 0. The van der Waals surface area contributed by atoms with Crippen LogP contribution < -0.4 is 4.74 Å². The quantitative estimate of drug-likeness (QED) is 0.283. The summed E-state index contributed by atoms with van der Waals surface area (Å²) in [6.45, 7) is 0.479. The molecule has 0 unspecified atom stereocenters. The van der Waals surface area contributed by atoms with Gasteiger partial charge in [0.05, 0.1) is 23.3 Å². The maximum atomic E-state index is 12.7. The van der Waals surface area contributed by atoms with Crippen LogP contribution in [-0.2, 0) is 16.1 Å². The van der Waals surface area contributed by atoms with Crippen LogP contribution in [0.5, 0.6) is 5.75 Å². The van der Waals surface area contributed by atoms with Crippen molar-refractivity contribution in [2.75, 3.05) is 14.2 Å². The van der Waals surface area contributed by atoms with Gasteiger partial charge in [-0.3, -0.25) is 9.69 Å². The third-order valence-electron chi connectivity index (χ3n) is 5.01. The molecule has 0 aliphatic carbocycles. The van der Waals surface area contributed by atoms with Crippen molar-refractivity contribution in [3.05, 3.63) is 98.9 Å². The lowest BCUT2D eigenvalue weighted by atomic mass is 10.2. The normalized spacial score (nSPS) is 15.7. The molecule has 0 atom stereocenters. The van der Waals surface area contributed by atoms with E-state index in [-0.39, 0.29) is 5.91 Å². The first-order chi connectivity index (χ1) is 16.4. The minimum absolute atomic E-state index is 0.120. The van der Waals surface area contributed by atoms with Gasteiger partial charge in [-0.05, 0) is 77.5 Å². The second kappa shape index (κ2) is 10.7. The van der Waals surface area contributed by atoms with Gasteiger partial charge < -0.3 is 9.47 Å². The van der Waals surface area contributed by atoms with Gasteiger partial charge in [0.25, 0.3) is 5.91 Å². The number of carbonyl (C=O) groups excluding carboxylic acids is 2. The minimum atomic E-state index is -0.406. The van der Waals surface area contributed by atoms with Crippen molar-refractivity contribution in [2.45, 2.75) is 6.61 Å². The first kappa shape index (κ1) is 23.8. The fraction of sp³-hybridized carbons (Fsp3) is 0.115. The maximum Gasteiger partial charge on any atom is 0.337 e. The van der Waals surface area contributed by atoms with E-state index in [9.17, 15) is 9.59 Å². The third-order valence-corrected chi connectivity index (χ3v) is 6.60. The Labute approximate surface area is 210 Å². The predicted octanol–water partition coefficient (Wildman–Crippen LogP) is 6.05. The number of rotatable bonds is 6. The average molecular weight is 537 g/mol. The lowest BCUT2D eigenvalue weighted by molar-refractivity contribution is -0.121. The average Bonchev–Trinajstić information content (AvgIpc) is 3.12. The van der Waals surface area contributed by atoms with Gasteiger partial charge in [0.2, 0.25) is 0 Å². The van der Waals surface area contributed by atoms with Gasteiger partial charge >= 0.3 is 5.97 Å². The highest BCUT2D eigenvalue weighted by molar-refractivity contribution is 9.10.